The van der Waals surface area contributed by atoms with Gasteiger partial charge >= 0.3 is 12.1 Å². The predicted octanol–water partition coefficient (Wildman–Crippen LogP) is 8.14. The van der Waals surface area contributed by atoms with Crippen LogP contribution in [0.25, 0.3) is 36.8 Å². The molecule has 2 aromatic carbocycles. The van der Waals surface area contributed by atoms with Crippen molar-refractivity contribution in [2.24, 2.45) is 0 Å². The second kappa shape index (κ2) is 10.7. The van der Waals surface area contributed by atoms with Crippen molar-refractivity contribution in [3.63, 3.8) is 0 Å². The molecule has 0 aliphatic heterocycles. The van der Waals surface area contributed by atoms with Gasteiger partial charge in [0.15, 0.2) is 0 Å². The molecule has 208 valence electrons. The van der Waals surface area contributed by atoms with Crippen LogP contribution in [-0.4, -0.2) is 22.1 Å². The number of aromatic nitrogens is 2. The van der Waals surface area contributed by atoms with Crippen molar-refractivity contribution >= 4 is 33.9 Å². The SMILES string of the molecule is [C-]#[N+]c1c(C(F)(F)F)cc(-c2ccc(-c3ccc4cc(C(=O)OCC)[nH]c4c3)s2)n(Cc2ccc(C)cc2C)c1=O. The molecule has 0 radical (unpaired) electrons. The van der Waals surface area contributed by atoms with Crippen LogP contribution in [0.3, 0.4) is 0 Å². The van der Waals surface area contributed by atoms with Crippen molar-refractivity contribution in [1.82, 2.24) is 9.55 Å². The first-order chi connectivity index (χ1) is 19.5. The maximum atomic E-state index is 14.0. The van der Waals surface area contributed by atoms with Crippen molar-refractivity contribution in [1.29, 1.82) is 0 Å². The highest BCUT2D eigenvalue weighted by Crippen LogP contribution is 2.40. The second-order valence-corrected chi connectivity index (χ2v) is 10.7. The fourth-order valence-corrected chi connectivity index (χ4v) is 5.77. The van der Waals surface area contributed by atoms with E-state index >= 15 is 0 Å². The van der Waals surface area contributed by atoms with Crippen LogP contribution in [0, 0.1) is 20.4 Å². The van der Waals surface area contributed by atoms with Crippen LogP contribution in [0.5, 0.6) is 0 Å². The zero-order valence-corrected chi connectivity index (χ0v) is 23.2. The van der Waals surface area contributed by atoms with Crippen molar-refractivity contribution in [3.8, 4) is 21.0 Å². The number of H-pyrrole nitrogens is 1. The predicted molar refractivity (Wildman–Crippen MR) is 154 cm³/mol. The third-order valence-electron chi connectivity index (χ3n) is 6.78. The number of alkyl halides is 3. The summed E-state index contributed by atoms with van der Waals surface area (Å²) in [5.74, 6) is -0.464. The van der Waals surface area contributed by atoms with Gasteiger partial charge in [-0.05, 0) is 67.8 Å². The molecule has 0 atom stereocenters. The number of carbonyl (C=O) groups excluding carboxylic acids is 1. The van der Waals surface area contributed by atoms with Crippen LogP contribution in [0.1, 0.15) is 39.7 Å². The van der Waals surface area contributed by atoms with Crippen molar-refractivity contribution < 1.29 is 22.7 Å². The van der Waals surface area contributed by atoms with Gasteiger partial charge in [0.2, 0.25) is 0 Å². The lowest BCUT2D eigenvalue weighted by molar-refractivity contribution is -0.136. The summed E-state index contributed by atoms with van der Waals surface area (Å²) in [6, 6.07) is 17.2. The summed E-state index contributed by atoms with van der Waals surface area (Å²) in [6.45, 7) is 13.1. The summed E-state index contributed by atoms with van der Waals surface area (Å²) < 4.78 is 48.2. The molecule has 0 aliphatic rings. The number of hydrogen-bond donors (Lipinski definition) is 1. The molecule has 10 heteroatoms. The molecule has 6 nitrogen and oxygen atoms in total. The number of carbonyl (C=O) groups is 1. The van der Waals surface area contributed by atoms with Crippen molar-refractivity contribution in [2.75, 3.05) is 6.61 Å². The monoisotopic (exact) mass is 575 g/mol. The lowest BCUT2D eigenvalue weighted by Gasteiger charge is -2.18. The highest BCUT2D eigenvalue weighted by Gasteiger charge is 2.36. The normalized spacial score (nSPS) is 11.5. The van der Waals surface area contributed by atoms with Crippen LogP contribution in [-0.2, 0) is 17.5 Å². The first-order valence-corrected chi connectivity index (χ1v) is 13.5. The number of nitrogens with zero attached hydrogens (tertiary/aromatic N) is 2. The number of aryl methyl sites for hydroxylation is 2. The Morgan fingerprint density at radius 1 is 1.05 bits per heavy atom. The molecule has 0 saturated heterocycles. The van der Waals surface area contributed by atoms with Crippen LogP contribution in [0.15, 0.2) is 65.5 Å². The van der Waals surface area contributed by atoms with Crippen LogP contribution >= 0.6 is 11.3 Å². The molecule has 0 fully saturated rings. The third-order valence-corrected chi connectivity index (χ3v) is 7.94. The van der Waals surface area contributed by atoms with Gasteiger partial charge < -0.3 is 14.3 Å². The number of ether oxygens (including phenoxy) is 1. The Balaban J connectivity index is 1.63. The van der Waals surface area contributed by atoms with E-state index in [0.29, 0.717) is 16.1 Å². The zero-order chi connectivity index (χ0) is 29.5. The Morgan fingerprint density at radius 3 is 2.49 bits per heavy atom. The van der Waals surface area contributed by atoms with Crippen molar-refractivity contribution in [3.05, 3.63) is 110 Å². The molecule has 0 aliphatic carbocycles. The minimum Gasteiger partial charge on any atom is -0.461 e. The number of hydrogen-bond acceptors (Lipinski definition) is 4. The van der Waals surface area contributed by atoms with E-state index in [1.54, 1.807) is 25.1 Å². The van der Waals surface area contributed by atoms with Gasteiger partial charge in [0, 0.05) is 15.8 Å². The zero-order valence-electron chi connectivity index (χ0n) is 22.3. The van der Waals surface area contributed by atoms with E-state index in [2.05, 4.69) is 9.83 Å². The first-order valence-electron chi connectivity index (χ1n) is 12.7. The molecule has 0 bridgehead atoms. The van der Waals surface area contributed by atoms with Crippen LogP contribution < -0.4 is 5.56 Å². The first kappa shape index (κ1) is 27.9. The van der Waals surface area contributed by atoms with E-state index < -0.39 is 29.0 Å². The average Bonchev–Trinajstić information content (AvgIpc) is 3.57. The number of thiophene rings is 1. The lowest BCUT2D eigenvalue weighted by atomic mass is 10.0. The third kappa shape index (κ3) is 5.41. The molecule has 0 amide bonds. The molecule has 5 aromatic rings. The van der Waals surface area contributed by atoms with E-state index in [-0.39, 0.29) is 18.8 Å². The van der Waals surface area contributed by atoms with Crippen LogP contribution in [0.2, 0.25) is 0 Å². The number of nitrogens with one attached hydrogen (secondary N) is 1. The van der Waals surface area contributed by atoms with Gasteiger partial charge in [-0.1, -0.05) is 35.9 Å². The molecule has 5 rings (SSSR count). The van der Waals surface area contributed by atoms with Crippen LogP contribution in [0.4, 0.5) is 18.9 Å². The maximum Gasteiger partial charge on any atom is 0.407 e. The Bertz CT molecular complexity index is 1910. The Kier molecular flexibility index (Phi) is 7.32. The fraction of sp³-hybridized carbons (Fsp3) is 0.194. The summed E-state index contributed by atoms with van der Waals surface area (Å²) in [7, 11) is 0. The van der Waals surface area contributed by atoms with Gasteiger partial charge in [0.1, 0.15) is 5.69 Å². The molecule has 1 N–H and O–H groups in total. The summed E-state index contributed by atoms with van der Waals surface area (Å²) >= 11 is 1.23. The van der Waals surface area contributed by atoms with Crippen molar-refractivity contribution in [2.45, 2.75) is 33.5 Å². The van der Waals surface area contributed by atoms with E-state index in [4.69, 9.17) is 11.3 Å². The van der Waals surface area contributed by atoms with Gasteiger partial charge in [0.25, 0.3) is 11.2 Å². The van der Waals surface area contributed by atoms with Gasteiger partial charge in [-0.25, -0.2) is 9.64 Å². The maximum absolute atomic E-state index is 14.0. The molecular formula is C31H24F3N3O3S. The molecule has 3 heterocycles. The quantitative estimate of drug-likeness (QED) is 0.164. The minimum absolute atomic E-state index is 0.0131. The van der Waals surface area contributed by atoms with Gasteiger partial charge in [0.05, 0.1) is 35.9 Å². The highest BCUT2D eigenvalue weighted by atomic mass is 32.1. The van der Waals surface area contributed by atoms with Gasteiger partial charge in [-0.2, -0.15) is 13.2 Å². The Morgan fingerprint density at radius 2 is 1.80 bits per heavy atom. The Labute approximate surface area is 237 Å². The van der Waals surface area contributed by atoms with Gasteiger partial charge in [-0.15, -0.1) is 11.3 Å². The molecule has 0 saturated carbocycles. The van der Waals surface area contributed by atoms with E-state index in [1.807, 2.05) is 50.2 Å². The fourth-order valence-electron chi connectivity index (χ4n) is 4.74. The minimum atomic E-state index is -4.87. The number of aromatic amines is 1. The number of fused-ring (bicyclic) bond motifs is 1. The largest absolute Gasteiger partial charge is 0.461 e. The average molecular weight is 576 g/mol. The summed E-state index contributed by atoms with van der Waals surface area (Å²) in [6.07, 6.45) is -4.87. The topological polar surface area (TPSA) is 68.5 Å². The molecule has 0 spiro atoms. The number of rotatable bonds is 6. The number of esters is 1. The number of halogens is 3. The summed E-state index contributed by atoms with van der Waals surface area (Å²) in [5.41, 5.74) is 1.37. The molecular weight excluding hydrogens is 551 g/mol. The lowest BCUT2D eigenvalue weighted by Crippen LogP contribution is -2.25. The second-order valence-electron chi connectivity index (χ2n) is 9.59. The standard InChI is InChI=1S/C31H24F3N3O3S/c1-5-40-30(39)24-13-19-8-9-20(14-23(19)36-24)26-10-11-27(41-26)25-15-22(31(32,33)34)28(35-4)29(38)37(25)16-21-7-6-17(2)12-18(21)3/h6-15,36H,5,16H2,1-3H3. The van der Waals surface area contributed by atoms with Gasteiger partial charge in [-0.3, -0.25) is 4.79 Å². The Hall–Kier alpha value is -4.62. The number of pyridine rings is 1. The summed E-state index contributed by atoms with van der Waals surface area (Å²) in [5, 5.41) is 0.806. The number of benzene rings is 2. The molecule has 3 aromatic heterocycles. The molecule has 0 unspecified atom stereocenters. The van der Waals surface area contributed by atoms with E-state index in [9.17, 15) is 22.8 Å². The smallest absolute Gasteiger partial charge is 0.407 e. The molecule has 41 heavy (non-hydrogen) atoms. The van der Waals surface area contributed by atoms with E-state index in [1.165, 1.54) is 15.9 Å². The van der Waals surface area contributed by atoms with E-state index in [0.717, 1.165) is 38.6 Å². The summed E-state index contributed by atoms with van der Waals surface area (Å²) in [4.78, 5) is 32.7. The highest BCUT2D eigenvalue weighted by molar-refractivity contribution is 7.18.